The van der Waals surface area contributed by atoms with Gasteiger partial charge in [-0.25, -0.2) is 4.79 Å². The minimum atomic E-state index is -0.444. The maximum absolute atomic E-state index is 11.4. The molecule has 5 heteroatoms. The molecule has 0 aliphatic heterocycles. The lowest BCUT2D eigenvalue weighted by Crippen LogP contribution is -2.33. The van der Waals surface area contributed by atoms with E-state index in [0.29, 0.717) is 6.54 Å². The van der Waals surface area contributed by atoms with Crippen LogP contribution in [-0.4, -0.2) is 24.8 Å². The molecule has 2 N–H and O–H groups in total. The van der Waals surface area contributed by atoms with Crippen LogP contribution in [0.4, 0.5) is 10.5 Å². The summed E-state index contributed by atoms with van der Waals surface area (Å²) in [7, 11) is 0. The summed E-state index contributed by atoms with van der Waals surface area (Å²) in [6, 6.07) is 6.30. The zero-order valence-corrected chi connectivity index (χ0v) is 14.7. The molecule has 0 aromatic heterocycles. The summed E-state index contributed by atoms with van der Waals surface area (Å²) in [6.45, 7) is 9.07. The van der Waals surface area contributed by atoms with Gasteiger partial charge in [0.2, 0.25) is 0 Å². The Morgan fingerprint density at radius 2 is 2.00 bits per heavy atom. The normalized spacial score (nSPS) is 11.1. The highest BCUT2D eigenvalue weighted by molar-refractivity contribution is 14.1. The highest BCUT2D eigenvalue weighted by Gasteiger charge is 2.15. The minimum absolute atomic E-state index is 0.358. The number of hydrogen-bond acceptors (Lipinski definition) is 3. The number of aryl methyl sites for hydroxylation is 1. The second-order valence-electron chi connectivity index (χ2n) is 5.67. The summed E-state index contributed by atoms with van der Waals surface area (Å²) in [5.74, 6) is 0. The molecule has 0 bridgehead atoms. The average Bonchev–Trinajstić information content (AvgIpc) is 2.28. The van der Waals surface area contributed by atoms with E-state index in [9.17, 15) is 4.79 Å². The number of rotatable bonds is 5. The van der Waals surface area contributed by atoms with Crippen LogP contribution in [0.15, 0.2) is 18.2 Å². The third-order valence-corrected chi connectivity index (χ3v) is 3.20. The van der Waals surface area contributed by atoms with Gasteiger partial charge in [-0.15, -0.1) is 0 Å². The van der Waals surface area contributed by atoms with E-state index < -0.39 is 5.60 Å². The van der Waals surface area contributed by atoms with Gasteiger partial charge in [0, 0.05) is 22.3 Å². The van der Waals surface area contributed by atoms with Crippen molar-refractivity contribution in [3.8, 4) is 0 Å². The fourth-order valence-electron chi connectivity index (χ4n) is 1.64. The Labute approximate surface area is 134 Å². The lowest BCUT2D eigenvalue weighted by molar-refractivity contribution is 0.0528. The molecule has 0 radical (unpaired) electrons. The van der Waals surface area contributed by atoms with Gasteiger partial charge in [-0.2, -0.15) is 0 Å². The zero-order valence-electron chi connectivity index (χ0n) is 12.5. The van der Waals surface area contributed by atoms with Crippen molar-refractivity contribution < 1.29 is 9.53 Å². The van der Waals surface area contributed by atoms with Crippen molar-refractivity contribution in [2.45, 2.75) is 39.7 Å². The molecule has 0 spiro atoms. The number of ether oxygens (including phenoxy) is 1. The summed E-state index contributed by atoms with van der Waals surface area (Å²) < 4.78 is 6.40. The third-order valence-electron chi connectivity index (χ3n) is 2.53. The van der Waals surface area contributed by atoms with Gasteiger partial charge in [0.05, 0.1) is 0 Å². The van der Waals surface area contributed by atoms with Crippen LogP contribution >= 0.6 is 22.6 Å². The summed E-state index contributed by atoms with van der Waals surface area (Å²) in [5, 5.41) is 6.11. The second kappa shape index (κ2) is 7.71. The molecule has 0 heterocycles. The lowest BCUT2D eigenvalue weighted by Gasteiger charge is -2.19. The van der Waals surface area contributed by atoms with Crippen LogP contribution in [0.1, 0.15) is 32.8 Å². The van der Waals surface area contributed by atoms with Crippen molar-refractivity contribution in [3.05, 3.63) is 27.3 Å². The van der Waals surface area contributed by atoms with E-state index in [1.165, 1.54) is 9.13 Å². The van der Waals surface area contributed by atoms with Crippen LogP contribution in [0.25, 0.3) is 0 Å². The number of nitrogens with one attached hydrogen (secondary N) is 2. The van der Waals surface area contributed by atoms with Crippen LogP contribution in [0, 0.1) is 10.5 Å². The Balaban J connectivity index is 2.21. The van der Waals surface area contributed by atoms with Crippen molar-refractivity contribution in [2.24, 2.45) is 0 Å². The standard InChI is InChI=1S/C15H23IN2O2/c1-11-10-12(16)6-7-13(11)17-8-5-9-18-14(19)20-15(2,3)4/h6-7,10,17H,5,8-9H2,1-4H3,(H,18,19). The van der Waals surface area contributed by atoms with E-state index in [1.807, 2.05) is 20.8 Å². The summed E-state index contributed by atoms with van der Waals surface area (Å²) in [4.78, 5) is 11.4. The third kappa shape index (κ3) is 6.98. The average molecular weight is 390 g/mol. The quantitative estimate of drug-likeness (QED) is 0.592. The topological polar surface area (TPSA) is 50.4 Å². The Bertz CT molecular complexity index is 456. The van der Waals surface area contributed by atoms with Crippen LogP contribution in [0.5, 0.6) is 0 Å². The highest BCUT2D eigenvalue weighted by atomic mass is 127. The molecular formula is C15H23IN2O2. The van der Waals surface area contributed by atoms with Crippen LogP contribution in [-0.2, 0) is 4.74 Å². The van der Waals surface area contributed by atoms with E-state index in [2.05, 4.69) is 58.3 Å². The van der Waals surface area contributed by atoms with E-state index in [4.69, 9.17) is 4.74 Å². The van der Waals surface area contributed by atoms with Gasteiger partial charge in [0.1, 0.15) is 5.60 Å². The Kier molecular flexibility index (Phi) is 6.58. The van der Waals surface area contributed by atoms with Crippen molar-refractivity contribution in [3.63, 3.8) is 0 Å². The van der Waals surface area contributed by atoms with Crippen molar-refractivity contribution in [2.75, 3.05) is 18.4 Å². The monoisotopic (exact) mass is 390 g/mol. The highest BCUT2D eigenvalue weighted by Crippen LogP contribution is 2.17. The number of hydrogen-bond donors (Lipinski definition) is 2. The van der Waals surface area contributed by atoms with E-state index in [1.54, 1.807) is 0 Å². The van der Waals surface area contributed by atoms with E-state index in [-0.39, 0.29) is 6.09 Å². The predicted octanol–water partition coefficient (Wildman–Crippen LogP) is 3.93. The number of benzene rings is 1. The van der Waals surface area contributed by atoms with Gasteiger partial charge >= 0.3 is 6.09 Å². The second-order valence-corrected chi connectivity index (χ2v) is 6.91. The molecule has 0 fully saturated rings. The van der Waals surface area contributed by atoms with Gasteiger partial charge in [-0.3, -0.25) is 0 Å². The number of alkyl carbamates (subject to hydrolysis) is 1. The van der Waals surface area contributed by atoms with Crippen LogP contribution in [0.3, 0.4) is 0 Å². The molecular weight excluding hydrogens is 367 g/mol. The Morgan fingerprint density at radius 3 is 2.60 bits per heavy atom. The zero-order chi connectivity index (χ0) is 15.2. The predicted molar refractivity (Wildman–Crippen MR) is 91.2 cm³/mol. The van der Waals surface area contributed by atoms with Gasteiger partial charge in [0.25, 0.3) is 0 Å². The fourth-order valence-corrected chi connectivity index (χ4v) is 2.29. The molecule has 0 atom stereocenters. The maximum atomic E-state index is 11.4. The molecule has 0 unspecified atom stereocenters. The number of anilines is 1. The fraction of sp³-hybridized carbons (Fsp3) is 0.533. The first-order valence-electron chi connectivity index (χ1n) is 6.75. The molecule has 20 heavy (non-hydrogen) atoms. The molecule has 0 aliphatic rings. The maximum Gasteiger partial charge on any atom is 0.407 e. The Morgan fingerprint density at radius 1 is 1.30 bits per heavy atom. The first kappa shape index (κ1) is 17.1. The first-order chi connectivity index (χ1) is 9.28. The van der Waals surface area contributed by atoms with E-state index in [0.717, 1.165) is 18.7 Å². The Hall–Kier alpha value is -0.980. The number of carbonyl (C=O) groups excluding carboxylic acids is 1. The van der Waals surface area contributed by atoms with Crippen molar-refractivity contribution in [1.82, 2.24) is 5.32 Å². The van der Waals surface area contributed by atoms with E-state index >= 15 is 0 Å². The minimum Gasteiger partial charge on any atom is -0.444 e. The summed E-state index contributed by atoms with van der Waals surface area (Å²) in [6.07, 6.45) is 0.493. The summed E-state index contributed by atoms with van der Waals surface area (Å²) in [5.41, 5.74) is 1.93. The number of carbonyl (C=O) groups is 1. The van der Waals surface area contributed by atoms with Crippen molar-refractivity contribution in [1.29, 1.82) is 0 Å². The molecule has 1 rings (SSSR count). The van der Waals surface area contributed by atoms with Gasteiger partial charge in [0.15, 0.2) is 0 Å². The van der Waals surface area contributed by atoms with Gasteiger partial charge < -0.3 is 15.4 Å². The lowest BCUT2D eigenvalue weighted by atomic mass is 10.2. The first-order valence-corrected chi connectivity index (χ1v) is 7.83. The smallest absolute Gasteiger partial charge is 0.407 e. The van der Waals surface area contributed by atoms with Crippen LogP contribution in [0.2, 0.25) is 0 Å². The molecule has 0 saturated carbocycles. The molecule has 1 aromatic carbocycles. The molecule has 0 saturated heterocycles. The summed E-state index contributed by atoms with van der Waals surface area (Å²) >= 11 is 2.30. The largest absolute Gasteiger partial charge is 0.444 e. The van der Waals surface area contributed by atoms with Gasteiger partial charge in [-0.05, 0) is 80.5 Å². The van der Waals surface area contributed by atoms with Crippen molar-refractivity contribution >= 4 is 34.4 Å². The molecule has 4 nitrogen and oxygen atoms in total. The van der Waals surface area contributed by atoms with Crippen LogP contribution < -0.4 is 10.6 Å². The molecule has 0 aliphatic carbocycles. The number of amides is 1. The molecule has 1 amide bonds. The molecule has 1 aromatic rings. The van der Waals surface area contributed by atoms with Gasteiger partial charge in [-0.1, -0.05) is 0 Å². The number of halogens is 1. The molecule has 112 valence electrons. The SMILES string of the molecule is Cc1cc(I)ccc1NCCCNC(=O)OC(C)(C)C.